The maximum Gasteiger partial charge on any atom is 0.0561 e. The fourth-order valence-corrected chi connectivity index (χ4v) is 9.12. The highest BCUT2D eigenvalue weighted by atomic mass is 15.1. The van der Waals surface area contributed by atoms with Crippen molar-refractivity contribution >= 4 is 38.9 Å². The van der Waals surface area contributed by atoms with Crippen molar-refractivity contribution in [3.63, 3.8) is 0 Å². The maximum atomic E-state index is 2.46. The standard InChI is InChI=1S/C60H42N2/c1-5-19-43(20-6-1)44-33-35-47(36-34-44)52-39-37-49(41-57(52)54-29-14-13-27-51(54)45-21-7-2-8-22-45)62-59-32-18-16-30-55(59)56-40-38-50(42-60(56)62)61(48-25-11-4-12-26-48)58-31-17-15-28-53(58)46-23-9-3-10-24-46/h1-42H. The number of rotatable bonds is 9. The first-order valence-electron chi connectivity index (χ1n) is 21.3. The van der Waals surface area contributed by atoms with E-state index < -0.39 is 0 Å². The number of fused-ring (bicyclic) bond motifs is 3. The van der Waals surface area contributed by atoms with Gasteiger partial charge in [0.25, 0.3) is 0 Å². The van der Waals surface area contributed by atoms with E-state index in [1.165, 1.54) is 66.4 Å². The van der Waals surface area contributed by atoms with E-state index >= 15 is 0 Å². The summed E-state index contributed by atoms with van der Waals surface area (Å²) in [5.41, 5.74) is 18.6. The zero-order chi connectivity index (χ0) is 41.2. The SMILES string of the molecule is c1ccc(-c2ccc(-c3ccc(-n4c5ccccc5c5ccc(N(c6ccccc6)c6ccccc6-c6ccccc6)cc54)cc3-c3ccccc3-c3ccccc3)cc2)cc1. The van der Waals surface area contributed by atoms with Crippen LogP contribution in [0.15, 0.2) is 255 Å². The van der Waals surface area contributed by atoms with Crippen molar-refractivity contribution in [2.75, 3.05) is 4.90 Å². The first-order valence-corrected chi connectivity index (χ1v) is 21.3. The largest absolute Gasteiger partial charge is 0.310 e. The van der Waals surface area contributed by atoms with E-state index in [0.717, 1.165) is 33.8 Å². The first-order chi connectivity index (χ1) is 30.8. The van der Waals surface area contributed by atoms with Crippen molar-refractivity contribution in [2.45, 2.75) is 0 Å². The number of aromatic nitrogens is 1. The third kappa shape index (κ3) is 6.74. The van der Waals surface area contributed by atoms with Crippen molar-refractivity contribution in [1.82, 2.24) is 4.57 Å². The van der Waals surface area contributed by atoms with Gasteiger partial charge in [-0.3, -0.25) is 0 Å². The Labute approximate surface area is 362 Å². The molecule has 0 N–H and O–H groups in total. The second-order valence-electron chi connectivity index (χ2n) is 15.7. The van der Waals surface area contributed by atoms with Crippen LogP contribution < -0.4 is 4.90 Å². The summed E-state index contributed by atoms with van der Waals surface area (Å²) in [5.74, 6) is 0. The topological polar surface area (TPSA) is 8.17 Å². The van der Waals surface area contributed by atoms with Crippen molar-refractivity contribution in [1.29, 1.82) is 0 Å². The lowest BCUT2D eigenvalue weighted by atomic mass is 9.88. The van der Waals surface area contributed by atoms with Crippen LogP contribution in [0.25, 0.3) is 83.1 Å². The van der Waals surface area contributed by atoms with Gasteiger partial charge >= 0.3 is 0 Å². The summed E-state index contributed by atoms with van der Waals surface area (Å²) >= 11 is 0. The monoisotopic (exact) mass is 790 g/mol. The lowest BCUT2D eigenvalue weighted by Gasteiger charge is -2.28. The summed E-state index contributed by atoms with van der Waals surface area (Å²) in [7, 11) is 0. The van der Waals surface area contributed by atoms with E-state index in [4.69, 9.17) is 0 Å². The Morgan fingerprint density at radius 3 is 1.45 bits per heavy atom. The van der Waals surface area contributed by atoms with E-state index in [0.29, 0.717) is 0 Å². The normalized spacial score (nSPS) is 11.2. The fraction of sp³-hybridized carbons (Fsp3) is 0. The van der Waals surface area contributed by atoms with Gasteiger partial charge < -0.3 is 9.47 Å². The molecular formula is C60H42N2. The molecule has 1 aromatic heterocycles. The predicted molar refractivity (Wildman–Crippen MR) is 263 cm³/mol. The molecule has 0 bridgehead atoms. The van der Waals surface area contributed by atoms with Crippen LogP contribution in [-0.2, 0) is 0 Å². The number of para-hydroxylation sites is 3. The Morgan fingerprint density at radius 2 is 0.742 bits per heavy atom. The Kier molecular flexibility index (Phi) is 9.57. The average molecular weight is 791 g/mol. The molecule has 2 nitrogen and oxygen atoms in total. The minimum Gasteiger partial charge on any atom is -0.310 e. The molecule has 0 saturated carbocycles. The maximum absolute atomic E-state index is 2.46. The van der Waals surface area contributed by atoms with Gasteiger partial charge in [-0.25, -0.2) is 0 Å². The molecule has 62 heavy (non-hydrogen) atoms. The van der Waals surface area contributed by atoms with Gasteiger partial charge in [0, 0.05) is 33.4 Å². The Morgan fingerprint density at radius 1 is 0.258 bits per heavy atom. The summed E-state index contributed by atoms with van der Waals surface area (Å²) in [6, 6.07) is 92.1. The van der Waals surface area contributed by atoms with Crippen LogP contribution in [0.5, 0.6) is 0 Å². The van der Waals surface area contributed by atoms with Gasteiger partial charge in [-0.05, 0) is 98.6 Å². The van der Waals surface area contributed by atoms with Crippen LogP contribution in [0.2, 0.25) is 0 Å². The van der Waals surface area contributed by atoms with Gasteiger partial charge in [0.2, 0.25) is 0 Å². The lowest BCUT2D eigenvalue weighted by molar-refractivity contribution is 1.18. The molecule has 0 amide bonds. The molecule has 0 saturated heterocycles. The van der Waals surface area contributed by atoms with E-state index in [2.05, 4.69) is 264 Å². The van der Waals surface area contributed by atoms with Crippen LogP contribution >= 0.6 is 0 Å². The van der Waals surface area contributed by atoms with Crippen molar-refractivity contribution in [3.05, 3.63) is 255 Å². The molecule has 0 spiro atoms. The lowest BCUT2D eigenvalue weighted by Crippen LogP contribution is -2.11. The number of anilines is 3. The molecule has 0 aliphatic carbocycles. The third-order valence-corrected chi connectivity index (χ3v) is 12.0. The molecule has 0 radical (unpaired) electrons. The van der Waals surface area contributed by atoms with Gasteiger partial charge in [-0.15, -0.1) is 0 Å². The zero-order valence-electron chi connectivity index (χ0n) is 34.1. The summed E-state index contributed by atoms with van der Waals surface area (Å²) < 4.78 is 2.46. The van der Waals surface area contributed by atoms with E-state index in [-0.39, 0.29) is 0 Å². The number of nitrogens with zero attached hydrogens (tertiary/aromatic N) is 2. The molecule has 292 valence electrons. The molecule has 1 heterocycles. The second kappa shape index (κ2) is 16.1. The summed E-state index contributed by atoms with van der Waals surface area (Å²) in [4.78, 5) is 2.40. The highest BCUT2D eigenvalue weighted by Crippen LogP contribution is 2.45. The smallest absolute Gasteiger partial charge is 0.0561 e. The van der Waals surface area contributed by atoms with Crippen molar-refractivity contribution < 1.29 is 0 Å². The number of benzene rings is 10. The Hall–Kier alpha value is -8.20. The third-order valence-electron chi connectivity index (χ3n) is 12.0. The minimum atomic E-state index is 1.08. The molecule has 0 unspecified atom stereocenters. The van der Waals surface area contributed by atoms with Crippen molar-refractivity contribution in [3.8, 4) is 61.3 Å². The van der Waals surface area contributed by atoms with Crippen LogP contribution in [0.1, 0.15) is 0 Å². The van der Waals surface area contributed by atoms with Crippen molar-refractivity contribution in [2.24, 2.45) is 0 Å². The van der Waals surface area contributed by atoms with E-state index in [9.17, 15) is 0 Å². The van der Waals surface area contributed by atoms with E-state index in [1.54, 1.807) is 0 Å². The quantitative estimate of drug-likeness (QED) is 0.141. The van der Waals surface area contributed by atoms with Gasteiger partial charge in [-0.2, -0.15) is 0 Å². The Balaban J connectivity index is 1.14. The molecule has 10 aromatic carbocycles. The summed E-state index contributed by atoms with van der Waals surface area (Å²) in [6.07, 6.45) is 0. The van der Waals surface area contributed by atoms with Crippen LogP contribution in [0.4, 0.5) is 17.1 Å². The van der Waals surface area contributed by atoms with Gasteiger partial charge in [0.15, 0.2) is 0 Å². The fourth-order valence-electron chi connectivity index (χ4n) is 9.12. The molecule has 0 aliphatic rings. The molecule has 0 aliphatic heterocycles. The number of hydrogen-bond acceptors (Lipinski definition) is 1. The summed E-state index contributed by atoms with van der Waals surface area (Å²) in [5, 5.41) is 2.43. The minimum absolute atomic E-state index is 1.08. The Bertz CT molecular complexity index is 3310. The van der Waals surface area contributed by atoms with E-state index in [1.807, 2.05) is 0 Å². The van der Waals surface area contributed by atoms with Crippen LogP contribution in [0.3, 0.4) is 0 Å². The zero-order valence-corrected chi connectivity index (χ0v) is 34.1. The van der Waals surface area contributed by atoms with Gasteiger partial charge in [0.05, 0.1) is 16.7 Å². The number of hydrogen-bond donors (Lipinski definition) is 0. The molecule has 2 heteroatoms. The van der Waals surface area contributed by atoms with Crippen LogP contribution in [0, 0.1) is 0 Å². The highest BCUT2D eigenvalue weighted by molar-refractivity contribution is 6.11. The molecular weight excluding hydrogens is 749 g/mol. The average Bonchev–Trinajstić information content (AvgIpc) is 3.69. The second-order valence-corrected chi connectivity index (χ2v) is 15.7. The molecule has 0 atom stereocenters. The highest BCUT2D eigenvalue weighted by Gasteiger charge is 2.21. The van der Waals surface area contributed by atoms with Gasteiger partial charge in [0.1, 0.15) is 0 Å². The molecule has 0 fully saturated rings. The molecule has 11 rings (SSSR count). The summed E-state index contributed by atoms with van der Waals surface area (Å²) in [6.45, 7) is 0. The van der Waals surface area contributed by atoms with Crippen LogP contribution in [-0.4, -0.2) is 4.57 Å². The molecule has 11 aromatic rings. The predicted octanol–water partition coefficient (Wildman–Crippen LogP) is 16.6. The van der Waals surface area contributed by atoms with Gasteiger partial charge in [-0.1, -0.05) is 206 Å². The first kappa shape index (κ1) is 36.8.